The maximum atomic E-state index is 5.09. The van der Waals surface area contributed by atoms with Gasteiger partial charge >= 0.3 is 0 Å². The third-order valence-electron chi connectivity index (χ3n) is 2.96. The van der Waals surface area contributed by atoms with E-state index in [2.05, 4.69) is 13.8 Å². The van der Waals surface area contributed by atoms with E-state index in [-0.39, 0.29) is 0 Å². The Morgan fingerprint density at radius 3 is 1.64 bits per heavy atom. The molecule has 0 aliphatic carbocycles. The molecule has 0 bridgehead atoms. The standard InChI is InChI=1S/C13H27S/c1-3-5-7-9-13(11-12-14)10-8-6-4-2/h13H,3-12H2,1-2H3. The molecule has 85 valence electrons. The van der Waals surface area contributed by atoms with Crippen LogP contribution in [-0.2, 0) is 0 Å². The van der Waals surface area contributed by atoms with Crippen molar-refractivity contribution in [2.45, 2.75) is 71.6 Å². The van der Waals surface area contributed by atoms with Gasteiger partial charge in [-0.3, -0.25) is 0 Å². The van der Waals surface area contributed by atoms with Gasteiger partial charge in [0.15, 0.2) is 0 Å². The average Bonchev–Trinajstić information content (AvgIpc) is 2.18. The van der Waals surface area contributed by atoms with Crippen LogP contribution in [-0.4, -0.2) is 5.75 Å². The van der Waals surface area contributed by atoms with Crippen LogP contribution < -0.4 is 0 Å². The molecule has 0 saturated heterocycles. The van der Waals surface area contributed by atoms with Crippen LogP contribution >= 0.6 is 12.6 Å². The predicted octanol–water partition coefficient (Wildman–Crippen LogP) is 5.35. The summed E-state index contributed by atoms with van der Waals surface area (Å²) in [6.07, 6.45) is 12.5. The van der Waals surface area contributed by atoms with Gasteiger partial charge in [-0.2, -0.15) is 0 Å². The van der Waals surface area contributed by atoms with Crippen molar-refractivity contribution in [1.29, 1.82) is 0 Å². The van der Waals surface area contributed by atoms with E-state index in [0.29, 0.717) is 0 Å². The zero-order chi connectivity index (χ0) is 10.6. The molecule has 0 heterocycles. The molecule has 0 saturated carbocycles. The van der Waals surface area contributed by atoms with Gasteiger partial charge in [0.1, 0.15) is 0 Å². The second-order valence-corrected chi connectivity index (χ2v) is 4.76. The van der Waals surface area contributed by atoms with Crippen LogP contribution in [0.3, 0.4) is 0 Å². The van der Waals surface area contributed by atoms with Crippen molar-refractivity contribution < 1.29 is 0 Å². The smallest absolute Gasteiger partial charge is 0.00395 e. The Morgan fingerprint density at radius 1 is 0.786 bits per heavy atom. The minimum absolute atomic E-state index is 0.936. The summed E-state index contributed by atoms with van der Waals surface area (Å²) >= 11 is 5.09. The molecule has 14 heavy (non-hydrogen) atoms. The van der Waals surface area contributed by atoms with Gasteiger partial charge < -0.3 is 0 Å². The monoisotopic (exact) mass is 215 g/mol. The van der Waals surface area contributed by atoms with Crippen LogP contribution in [0.15, 0.2) is 0 Å². The summed E-state index contributed by atoms with van der Waals surface area (Å²) in [6.45, 7) is 4.55. The van der Waals surface area contributed by atoms with E-state index in [0.717, 1.165) is 11.7 Å². The predicted molar refractivity (Wildman–Crippen MR) is 68.8 cm³/mol. The van der Waals surface area contributed by atoms with Crippen LogP contribution in [0.4, 0.5) is 0 Å². The van der Waals surface area contributed by atoms with Gasteiger partial charge in [0.2, 0.25) is 0 Å². The minimum atomic E-state index is 0.936. The molecule has 0 rings (SSSR count). The van der Waals surface area contributed by atoms with E-state index in [1.54, 1.807) is 0 Å². The SMILES string of the molecule is CCCCCC(CC[S])CCCCC. The van der Waals surface area contributed by atoms with E-state index >= 15 is 0 Å². The molecule has 0 unspecified atom stereocenters. The average molecular weight is 215 g/mol. The van der Waals surface area contributed by atoms with Crippen molar-refractivity contribution in [1.82, 2.24) is 0 Å². The summed E-state index contributed by atoms with van der Waals surface area (Å²) in [7, 11) is 0. The van der Waals surface area contributed by atoms with E-state index in [4.69, 9.17) is 12.6 Å². The maximum Gasteiger partial charge on any atom is 0.00395 e. The first kappa shape index (κ1) is 14.3. The van der Waals surface area contributed by atoms with Crippen molar-refractivity contribution in [3.05, 3.63) is 0 Å². The van der Waals surface area contributed by atoms with Crippen LogP contribution in [0.1, 0.15) is 71.6 Å². The Kier molecular flexibility index (Phi) is 11.7. The summed E-state index contributed by atoms with van der Waals surface area (Å²) < 4.78 is 0. The summed E-state index contributed by atoms with van der Waals surface area (Å²) in [5, 5.41) is 0. The van der Waals surface area contributed by atoms with Crippen molar-refractivity contribution >= 4 is 12.6 Å². The van der Waals surface area contributed by atoms with Gasteiger partial charge in [0.25, 0.3) is 0 Å². The van der Waals surface area contributed by atoms with Gasteiger partial charge in [-0.15, -0.1) is 0 Å². The highest BCUT2D eigenvalue weighted by Crippen LogP contribution is 2.21. The van der Waals surface area contributed by atoms with Gasteiger partial charge in [-0.05, 0) is 12.3 Å². The number of hydrogen-bond acceptors (Lipinski definition) is 0. The molecule has 0 aliphatic heterocycles. The van der Waals surface area contributed by atoms with Crippen molar-refractivity contribution in [2.24, 2.45) is 5.92 Å². The normalized spacial score (nSPS) is 11.1. The Bertz CT molecular complexity index is 91.4. The molecule has 0 aromatic heterocycles. The molecule has 1 radical (unpaired) electrons. The lowest BCUT2D eigenvalue weighted by molar-refractivity contribution is 0.402. The van der Waals surface area contributed by atoms with E-state index in [1.165, 1.54) is 57.8 Å². The highest BCUT2D eigenvalue weighted by atomic mass is 32.1. The van der Waals surface area contributed by atoms with Crippen LogP contribution in [0, 0.1) is 5.92 Å². The third-order valence-corrected chi connectivity index (χ3v) is 3.19. The second-order valence-electron chi connectivity index (χ2n) is 4.35. The second kappa shape index (κ2) is 11.4. The maximum absolute atomic E-state index is 5.09. The molecule has 0 fully saturated rings. The summed E-state index contributed by atoms with van der Waals surface area (Å²) in [4.78, 5) is 0. The van der Waals surface area contributed by atoms with Crippen LogP contribution in [0.25, 0.3) is 0 Å². The summed E-state index contributed by atoms with van der Waals surface area (Å²) in [5.74, 6) is 1.90. The molecule has 0 spiro atoms. The topological polar surface area (TPSA) is 0 Å². The Morgan fingerprint density at radius 2 is 1.29 bits per heavy atom. The highest BCUT2D eigenvalue weighted by Gasteiger charge is 2.06. The molecule has 0 aliphatic rings. The van der Waals surface area contributed by atoms with Gasteiger partial charge in [0, 0.05) is 5.75 Å². The zero-order valence-electron chi connectivity index (χ0n) is 10.1. The molecule has 0 aromatic carbocycles. The minimum Gasteiger partial charge on any atom is -0.0941 e. The van der Waals surface area contributed by atoms with Crippen LogP contribution in [0.5, 0.6) is 0 Å². The van der Waals surface area contributed by atoms with E-state index in [1.807, 2.05) is 0 Å². The van der Waals surface area contributed by atoms with Crippen LogP contribution in [0.2, 0.25) is 0 Å². The fourth-order valence-electron chi connectivity index (χ4n) is 1.97. The molecular formula is C13H27S. The Hall–Kier alpha value is 0.350. The Balaban J connectivity index is 3.44. The lowest BCUT2D eigenvalue weighted by Gasteiger charge is -2.14. The van der Waals surface area contributed by atoms with Gasteiger partial charge in [0.05, 0.1) is 0 Å². The zero-order valence-corrected chi connectivity index (χ0v) is 10.9. The van der Waals surface area contributed by atoms with Crippen molar-refractivity contribution in [3.8, 4) is 0 Å². The number of unbranched alkanes of at least 4 members (excludes halogenated alkanes) is 4. The molecule has 0 atom stereocenters. The highest BCUT2D eigenvalue weighted by molar-refractivity contribution is 7.80. The molecule has 0 amide bonds. The lowest BCUT2D eigenvalue weighted by atomic mass is 9.93. The molecular weight excluding hydrogens is 188 g/mol. The summed E-state index contributed by atoms with van der Waals surface area (Å²) in [6, 6.07) is 0. The number of hydrogen-bond donors (Lipinski definition) is 0. The summed E-state index contributed by atoms with van der Waals surface area (Å²) in [5.41, 5.74) is 0. The quantitative estimate of drug-likeness (QED) is 0.431. The first-order valence-corrected chi connectivity index (χ1v) is 7.00. The first-order valence-electron chi connectivity index (χ1n) is 6.43. The van der Waals surface area contributed by atoms with Crippen molar-refractivity contribution in [2.75, 3.05) is 5.75 Å². The first-order chi connectivity index (χ1) is 6.85. The fraction of sp³-hybridized carbons (Fsp3) is 1.00. The molecule has 0 nitrogen and oxygen atoms in total. The van der Waals surface area contributed by atoms with E-state index < -0.39 is 0 Å². The molecule has 1 heteroatoms. The van der Waals surface area contributed by atoms with Gasteiger partial charge in [-0.1, -0.05) is 77.8 Å². The molecule has 0 N–H and O–H groups in total. The third kappa shape index (κ3) is 8.93. The molecule has 0 aromatic rings. The van der Waals surface area contributed by atoms with Gasteiger partial charge in [-0.25, -0.2) is 0 Å². The largest absolute Gasteiger partial charge is 0.0941 e. The van der Waals surface area contributed by atoms with E-state index in [9.17, 15) is 0 Å². The number of rotatable bonds is 10. The lowest BCUT2D eigenvalue weighted by Crippen LogP contribution is -2.01. The Labute approximate surface area is 96.3 Å². The van der Waals surface area contributed by atoms with Crippen molar-refractivity contribution in [3.63, 3.8) is 0 Å². The fourth-order valence-corrected chi connectivity index (χ4v) is 2.30.